The standard InChI is InChI=1S/C36H28N2O4/c39-33-35(27-13-5-1-6-14-27,28-15-7-2-8-16-28)37-31(41-33)25-21-23-26(24-22-25)32-38-36(34(40)42-32,29-17-9-3-10-18-29)30-19-11-4-12-20-30/h1-24,31-32,37-38H. The topological polar surface area (TPSA) is 76.7 Å². The van der Waals surface area contributed by atoms with Gasteiger partial charge < -0.3 is 9.47 Å². The van der Waals surface area contributed by atoms with Crippen LogP contribution in [-0.4, -0.2) is 11.9 Å². The van der Waals surface area contributed by atoms with E-state index in [1.54, 1.807) is 0 Å². The quantitative estimate of drug-likeness (QED) is 0.257. The summed E-state index contributed by atoms with van der Waals surface area (Å²) < 4.78 is 11.9. The molecule has 2 atom stereocenters. The van der Waals surface area contributed by atoms with E-state index in [9.17, 15) is 9.59 Å². The molecule has 6 nitrogen and oxygen atoms in total. The van der Waals surface area contributed by atoms with Gasteiger partial charge in [-0.25, -0.2) is 9.59 Å². The molecule has 5 aromatic carbocycles. The van der Waals surface area contributed by atoms with Crippen molar-refractivity contribution in [3.63, 3.8) is 0 Å². The molecule has 2 unspecified atom stereocenters. The maximum absolute atomic E-state index is 13.6. The summed E-state index contributed by atoms with van der Waals surface area (Å²) in [4.78, 5) is 27.2. The van der Waals surface area contributed by atoms with Crippen LogP contribution in [-0.2, 0) is 30.1 Å². The predicted molar refractivity (Wildman–Crippen MR) is 158 cm³/mol. The maximum atomic E-state index is 13.6. The molecule has 2 aliphatic rings. The molecular weight excluding hydrogens is 524 g/mol. The van der Waals surface area contributed by atoms with Crippen LogP contribution in [0.15, 0.2) is 146 Å². The van der Waals surface area contributed by atoms with E-state index in [1.165, 1.54) is 0 Å². The molecule has 2 saturated heterocycles. The van der Waals surface area contributed by atoms with Gasteiger partial charge in [0.25, 0.3) is 0 Å². The molecule has 0 aromatic heterocycles. The van der Waals surface area contributed by atoms with Gasteiger partial charge in [0.05, 0.1) is 0 Å². The van der Waals surface area contributed by atoms with Crippen LogP contribution in [0.4, 0.5) is 0 Å². The molecule has 0 spiro atoms. The van der Waals surface area contributed by atoms with Crippen molar-refractivity contribution in [3.05, 3.63) is 179 Å². The third-order valence-electron chi connectivity index (χ3n) is 8.13. The molecule has 0 bridgehead atoms. The molecule has 6 heteroatoms. The van der Waals surface area contributed by atoms with Crippen LogP contribution in [0, 0.1) is 0 Å². The summed E-state index contributed by atoms with van der Waals surface area (Å²) >= 11 is 0. The molecule has 42 heavy (non-hydrogen) atoms. The fraction of sp³-hybridized carbons (Fsp3) is 0.111. The zero-order valence-electron chi connectivity index (χ0n) is 22.6. The monoisotopic (exact) mass is 552 g/mol. The second-order valence-electron chi connectivity index (χ2n) is 10.5. The Morgan fingerprint density at radius 1 is 0.405 bits per heavy atom. The average molecular weight is 553 g/mol. The number of hydrogen-bond acceptors (Lipinski definition) is 6. The van der Waals surface area contributed by atoms with Crippen LogP contribution >= 0.6 is 0 Å². The highest BCUT2D eigenvalue weighted by Crippen LogP contribution is 2.42. The largest absolute Gasteiger partial charge is 0.440 e. The smallest absolute Gasteiger partial charge is 0.337 e. The van der Waals surface area contributed by atoms with E-state index < -0.39 is 23.5 Å². The van der Waals surface area contributed by atoms with Gasteiger partial charge in [-0.3, -0.25) is 10.6 Å². The minimum atomic E-state index is -1.14. The SMILES string of the molecule is O=C1OC(c2ccc(C3NC(c4ccccc4)(c4ccccc4)C(=O)O3)cc2)NC1(c1ccccc1)c1ccccc1. The molecule has 0 aliphatic carbocycles. The fourth-order valence-corrected chi connectivity index (χ4v) is 6.00. The summed E-state index contributed by atoms with van der Waals surface area (Å²) in [5.41, 5.74) is 2.51. The number of rotatable bonds is 6. The van der Waals surface area contributed by atoms with Gasteiger partial charge in [-0.1, -0.05) is 146 Å². The lowest BCUT2D eigenvalue weighted by atomic mass is 9.83. The first kappa shape index (κ1) is 25.9. The zero-order valence-corrected chi connectivity index (χ0v) is 22.6. The average Bonchev–Trinajstić information content (AvgIpc) is 3.61. The third-order valence-corrected chi connectivity index (χ3v) is 8.13. The van der Waals surface area contributed by atoms with Gasteiger partial charge in [0.2, 0.25) is 0 Å². The summed E-state index contributed by atoms with van der Waals surface area (Å²) in [5.74, 6) is -0.730. The Morgan fingerprint density at radius 2 is 0.667 bits per heavy atom. The van der Waals surface area contributed by atoms with Gasteiger partial charge in [-0.15, -0.1) is 0 Å². The molecule has 2 aliphatic heterocycles. The summed E-state index contributed by atoms with van der Waals surface area (Å²) in [6.07, 6.45) is -1.34. The molecule has 0 radical (unpaired) electrons. The Hall–Kier alpha value is -5.04. The van der Waals surface area contributed by atoms with Gasteiger partial charge in [-0.05, 0) is 22.3 Å². The van der Waals surface area contributed by atoms with Crippen molar-refractivity contribution >= 4 is 11.9 Å². The first-order valence-corrected chi connectivity index (χ1v) is 13.9. The number of esters is 2. The van der Waals surface area contributed by atoms with E-state index in [2.05, 4.69) is 10.6 Å². The Labute approximate surface area is 243 Å². The zero-order chi connectivity index (χ0) is 28.6. The second-order valence-corrected chi connectivity index (χ2v) is 10.5. The van der Waals surface area contributed by atoms with Gasteiger partial charge in [0.1, 0.15) is 0 Å². The van der Waals surface area contributed by atoms with Crippen LogP contribution < -0.4 is 10.6 Å². The number of nitrogens with one attached hydrogen (secondary N) is 2. The van der Waals surface area contributed by atoms with Crippen LogP contribution in [0.1, 0.15) is 45.8 Å². The highest BCUT2D eigenvalue weighted by atomic mass is 16.6. The molecule has 5 aromatic rings. The van der Waals surface area contributed by atoms with E-state index >= 15 is 0 Å². The number of hydrogen-bond donors (Lipinski definition) is 2. The van der Waals surface area contributed by atoms with E-state index in [0.29, 0.717) is 0 Å². The van der Waals surface area contributed by atoms with Crippen LogP contribution in [0.2, 0.25) is 0 Å². The second kappa shape index (κ2) is 10.4. The van der Waals surface area contributed by atoms with Crippen molar-refractivity contribution in [2.24, 2.45) is 0 Å². The van der Waals surface area contributed by atoms with E-state index in [1.807, 2.05) is 146 Å². The molecule has 2 N–H and O–H groups in total. The van der Waals surface area contributed by atoms with E-state index in [4.69, 9.17) is 9.47 Å². The summed E-state index contributed by atoms with van der Waals surface area (Å²) in [6.45, 7) is 0. The van der Waals surface area contributed by atoms with Crippen molar-refractivity contribution in [1.82, 2.24) is 10.6 Å². The number of ether oxygens (including phenoxy) is 2. The fourth-order valence-electron chi connectivity index (χ4n) is 6.00. The van der Waals surface area contributed by atoms with Crippen molar-refractivity contribution in [2.45, 2.75) is 23.5 Å². The number of carbonyl (C=O) groups excluding carboxylic acids is 2. The van der Waals surface area contributed by atoms with Crippen molar-refractivity contribution in [1.29, 1.82) is 0 Å². The van der Waals surface area contributed by atoms with Crippen LogP contribution in [0.25, 0.3) is 0 Å². The highest BCUT2D eigenvalue weighted by molar-refractivity contribution is 5.90. The van der Waals surface area contributed by atoms with Crippen molar-refractivity contribution in [3.8, 4) is 0 Å². The van der Waals surface area contributed by atoms with Gasteiger partial charge in [0.15, 0.2) is 23.5 Å². The Balaban J connectivity index is 1.19. The van der Waals surface area contributed by atoms with Crippen molar-refractivity contribution < 1.29 is 19.1 Å². The lowest BCUT2D eigenvalue weighted by molar-refractivity contribution is -0.145. The van der Waals surface area contributed by atoms with Crippen LogP contribution in [0.5, 0.6) is 0 Å². The Morgan fingerprint density at radius 3 is 0.929 bits per heavy atom. The summed E-state index contributed by atoms with van der Waals surface area (Å²) in [7, 11) is 0. The first-order valence-electron chi connectivity index (χ1n) is 13.9. The number of carbonyl (C=O) groups is 2. The minimum Gasteiger partial charge on any atom is -0.440 e. The number of benzene rings is 5. The first-order chi connectivity index (χ1) is 20.6. The van der Waals surface area contributed by atoms with Gasteiger partial charge in [0, 0.05) is 11.1 Å². The predicted octanol–water partition coefficient (Wildman–Crippen LogP) is 5.86. The molecule has 2 fully saturated rings. The highest BCUT2D eigenvalue weighted by Gasteiger charge is 2.53. The van der Waals surface area contributed by atoms with E-state index in [0.717, 1.165) is 33.4 Å². The number of cyclic esters (lactones) is 2. The lowest BCUT2D eigenvalue weighted by Gasteiger charge is -2.27. The van der Waals surface area contributed by atoms with Gasteiger partial charge >= 0.3 is 11.9 Å². The Kier molecular flexibility index (Phi) is 6.42. The van der Waals surface area contributed by atoms with E-state index in [-0.39, 0.29) is 11.9 Å². The maximum Gasteiger partial charge on any atom is 0.337 e. The van der Waals surface area contributed by atoms with Crippen molar-refractivity contribution in [2.75, 3.05) is 0 Å². The minimum absolute atomic E-state index is 0.365. The molecule has 0 saturated carbocycles. The summed E-state index contributed by atoms with van der Waals surface area (Å²) in [6, 6.07) is 46.0. The molecule has 206 valence electrons. The lowest BCUT2D eigenvalue weighted by Crippen LogP contribution is -2.44. The van der Waals surface area contributed by atoms with Gasteiger partial charge in [-0.2, -0.15) is 0 Å². The van der Waals surface area contributed by atoms with Crippen LogP contribution in [0.3, 0.4) is 0 Å². The molecule has 0 amide bonds. The summed E-state index contributed by atoms with van der Waals surface area (Å²) in [5, 5.41) is 6.97. The normalized spacial score (nSPS) is 20.6. The Bertz CT molecular complexity index is 1500. The molecule has 2 heterocycles. The molecular formula is C36H28N2O4. The third kappa shape index (κ3) is 4.12. The molecule has 7 rings (SSSR count).